The van der Waals surface area contributed by atoms with Gasteiger partial charge in [-0.3, -0.25) is 9.59 Å². The number of aromatic nitrogens is 1. The van der Waals surface area contributed by atoms with Crippen LogP contribution in [0.4, 0.5) is 10.1 Å². The van der Waals surface area contributed by atoms with Crippen molar-refractivity contribution in [2.24, 2.45) is 0 Å². The Labute approximate surface area is 183 Å². The summed E-state index contributed by atoms with van der Waals surface area (Å²) >= 11 is 6.21. The monoisotopic (exact) mass is 441 g/mol. The third kappa shape index (κ3) is 4.94. The summed E-state index contributed by atoms with van der Waals surface area (Å²) in [5, 5.41) is 9.71. The molecule has 0 radical (unpaired) electrons. The summed E-state index contributed by atoms with van der Waals surface area (Å²) in [4.78, 5) is 25.2. The zero-order chi connectivity index (χ0) is 21.8. The van der Waals surface area contributed by atoms with Gasteiger partial charge in [-0.25, -0.2) is 4.39 Å². The molecular weight excluding hydrogens is 421 g/mol. The number of halogens is 2. The minimum atomic E-state index is -0.549. The van der Waals surface area contributed by atoms with Gasteiger partial charge in [-0.05, 0) is 43.2 Å². The normalized spacial score (nSPS) is 14.3. The van der Waals surface area contributed by atoms with Crippen LogP contribution in [0.25, 0.3) is 11.3 Å². The molecule has 0 spiro atoms. The molecule has 1 aromatic heterocycles. The van der Waals surface area contributed by atoms with Crippen molar-refractivity contribution in [2.45, 2.75) is 38.1 Å². The molecule has 1 heterocycles. The molecule has 0 saturated heterocycles. The number of nitrogens with zero attached hydrogens (tertiary/aromatic N) is 1. The van der Waals surface area contributed by atoms with E-state index in [-0.39, 0.29) is 34.5 Å². The lowest BCUT2D eigenvalue weighted by molar-refractivity contribution is 0.0926. The number of carbonyl (C=O) groups excluding carboxylic acids is 2. The number of anilines is 1. The Morgan fingerprint density at radius 3 is 2.58 bits per heavy atom. The summed E-state index contributed by atoms with van der Waals surface area (Å²) < 4.78 is 19.0. The summed E-state index contributed by atoms with van der Waals surface area (Å²) in [7, 11) is 0. The molecule has 1 aliphatic rings. The fraction of sp³-hybridized carbons (Fsp3) is 0.261. The minimum absolute atomic E-state index is 0.0126. The third-order valence-electron chi connectivity index (χ3n) is 5.29. The van der Waals surface area contributed by atoms with E-state index in [0.717, 1.165) is 25.7 Å². The highest BCUT2D eigenvalue weighted by molar-refractivity contribution is 6.34. The number of hydrogen-bond donors (Lipinski definition) is 2. The first-order valence-electron chi connectivity index (χ1n) is 10.1. The smallest absolute Gasteiger partial charge is 0.277 e. The number of hydrogen-bond acceptors (Lipinski definition) is 4. The van der Waals surface area contributed by atoms with E-state index in [4.69, 9.17) is 16.1 Å². The van der Waals surface area contributed by atoms with Crippen LogP contribution in [-0.4, -0.2) is 23.0 Å². The van der Waals surface area contributed by atoms with Gasteiger partial charge in [0.15, 0.2) is 11.5 Å². The average Bonchev–Trinajstić information content (AvgIpc) is 3.26. The second-order valence-electron chi connectivity index (χ2n) is 7.51. The highest BCUT2D eigenvalue weighted by Gasteiger charge is 2.20. The maximum absolute atomic E-state index is 13.9. The van der Waals surface area contributed by atoms with Crippen LogP contribution in [0.3, 0.4) is 0 Å². The third-order valence-corrected chi connectivity index (χ3v) is 5.62. The Balaban J connectivity index is 1.47. The van der Waals surface area contributed by atoms with Crippen LogP contribution in [0.5, 0.6) is 0 Å². The van der Waals surface area contributed by atoms with Crippen molar-refractivity contribution in [1.82, 2.24) is 10.5 Å². The molecule has 0 unspecified atom stereocenters. The van der Waals surface area contributed by atoms with Crippen molar-refractivity contribution in [1.29, 1.82) is 0 Å². The first-order chi connectivity index (χ1) is 15.0. The van der Waals surface area contributed by atoms with Crippen LogP contribution >= 0.6 is 11.6 Å². The molecule has 3 aromatic rings. The summed E-state index contributed by atoms with van der Waals surface area (Å²) in [5.74, 6) is -1.15. The molecule has 1 fully saturated rings. The van der Waals surface area contributed by atoms with E-state index < -0.39 is 11.7 Å². The van der Waals surface area contributed by atoms with Crippen LogP contribution in [0.1, 0.15) is 53.0 Å². The van der Waals surface area contributed by atoms with Crippen molar-refractivity contribution in [3.05, 3.63) is 70.6 Å². The Hall–Kier alpha value is -3.19. The van der Waals surface area contributed by atoms with Gasteiger partial charge in [0.1, 0.15) is 5.82 Å². The second-order valence-corrected chi connectivity index (χ2v) is 7.92. The van der Waals surface area contributed by atoms with Crippen molar-refractivity contribution < 1.29 is 18.5 Å². The number of rotatable bonds is 5. The average molecular weight is 442 g/mol. The standard InChI is InChI=1S/C23H21ClFN3O3/c24-18-11-10-15(12-17(18)22(29)26-14-6-2-1-3-7-14)27-23(30)20-13-21(31-28-20)16-8-4-5-9-19(16)25/h4-5,8-14H,1-3,6-7H2,(H,26,29)(H,27,30). The van der Waals surface area contributed by atoms with Gasteiger partial charge in [-0.2, -0.15) is 0 Å². The van der Waals surface area contributed by atoms with Crippen molar-refractivity contribution in [3.63, 3.8) is 0 Å². The number of benzene rings is 2. The molecule has 0 atom stereocenters. The quantitative estimate of drug-likeness (QED) is 0.551. The first-order valence-corrected chi connectivity index (χ1v) is 10.5. The Bertz CT molecular complexity index is 1110. The minimum Gasteiger partial charge on any atom is -0.355 e. The van der Waals surface area contributed by atoms with Gasteiger partial charge in [-0.15, -0.1) is 0 Å². The van der Waals surface area contributed by atoms with Gasteiger partial charge in [0.05, 0.1) is 16.1 Å². The molecule has 0 bridgehead atoms. The van der Waals surface area contributed by atoms with Crippen LogP contribution < -0.4 is 10.6 Å². The zero-order valence-electron chi connectivity index (χ0n) is 16.7. The fourth-order valence-corrected chi connectivity index (χ4v) is 3.86. The summed E-state index contributed by atoms with van der Waals surface area (Å²) in [6.07, 6.45) is 5.30. The molecule has 1 saturated carbocycles. The number of nitrogens with one attached hydrogen (secondary N) is 2. The van der Waals surface area contributed by atoms with E-state index in [0.29, 0.717) is 10.7 Å². The van der Waals surface area contributed by atoms with Crippen LogP contribution in [-0.2, 0) is 0 Å². The van der Waals surface area contributed by atoms with Crippen LogP contribution in [0.2, 0.25) is 5.02 Å². The van der Waals surface area contributed by atoms with Gasteiger partial charge < -0.3 is 15.2 Å². The highest BCUT2D eigenvalue weighted by atomic mass is 35.5. The van der Waals surface area contributed by atoms with Crippen molar-refractivity contribution >= 4 is 29.1 Å². The van der Waals surface area contributed by atoms with E-state index >= 15 is 0 Å². The molecule has 0 aliphatic heterocycles. The number of carbonyl (C=O) groups is 2. The van der Waals surface area contributed by atoms with E-state index in [1.54, 1.807) is 24.3 Å². The predicted octanol–water partition coefficient (Wildman–Crippen LogP) is 5.45. The summed E-state index contributed by atoms with van der Waals surface area (Å²) in [6, 6.07) is 12.2. The molecule has 8 heteroatoms. The van der Waals surface area contributed by atoms with Gasteiger partial charge in [-0.1, -0.05) is 48.2 Å². The molecule has 160 valence electrons. The lowest BCUT2D eigenvalue weighted by Crippen LogP contribution is -2.36. The van der Waals surface area contributed by atoms with Gasteiger partial charge in [0, 0.05) is 17.8 Å². The number of amides is 2. The van der Waals surface area contributed by atoms with E-state index in [9.17, 15) is 14.0 Å². The van der Waals surface area contributed by atoms with Gasteiger partial charge in [0.2, 0.25) is 0 Å². The topological polar surface area (TPSA) is 84.2 Å². The summed E-state index contributed by atoms with van der Waals surface area (Å²) in [6.45, 7) is 0. The van der Waals surface area contributed by atoms with Crippen molar-refractivity contribution in [3.8, 4) is 11.3 Å². The highest BCUT2D eigenvalue weighted by Crippen LogP contribution is 2.25. The van der Waals surface area contributed by atoms with Gasteiger partial charge >= 0.3 is 0 Å². The second kappa shape index (κ2) is 9.31. The fourth-order valence-electron chi connectivity index (χ4n) is 3.65. The molecule has 6 nitrogen and oxygen atoms in total. The molecule has 2 N–H and O–H groups in total. The predicted molar refractivity (Wildman–Crippen MR) is 116 cm³/mol. The largest absolute Gasteiger partial charge is 0.355 e. The maximum atomic E-state index is 13.9. The molecular formula is C23H21ClFN3O3. The Kier molecular flexibility index (Phi) is 6.32. The van der Waals surface area contributed by atoms with E-state index in [2.05, 4.69) is 15.8 Å². The van der Waals surface area contributed by atoms with Crippen LogP contribution in [0, 0.1) is 5.82 Å². The summed E-state index contributed by atoms with van der Waals surface area (Å²) in [5.41, 5.74) is 0.875. The SMILES string of the molecule is O=C(Nc1ccc(Cl)c(C(=O)NC2CCCCC2)c1)c1cc(-c2ccccc2F)on1. The molecule has 2 aromatic carbocycles. The van der Waals surface area contributed by atoms with Crippen molar-refractivity contribution in [2.75, 3.05) is 5.32 Å². The molecule has 4 rings (SSSR count). The molecule has 1 aliphatic carbocycles. The lowest BCUT2D eigenvalue weighted by Gasteiger charge is -2.23. The van der Waals surface area contributed by atoms with E-state index in [1.807, 2.05) is 0 Å². The maximum Gasteiger partial charge on any atom is 0.277 e. The van der Waals surface area contributed by atoms with E-state index in [1.165, 1.54) is 30.7 Å². The van der Waals surface area contributed by atoms with Gasteiger partial charge in [0.25, 0.3) is 11.8 Å². The molecule has 31 heavy (non-hydrogen) atoms. The zero-order valence-corrected chi connectivity index (χ0v) is 17.4. The molecule has 2 amide bonds. The van der Waals surface area contributed by atoms with Crippen LogP contribution in [0.15, 0.2) is 53.1 Å². The Morgan fingerprint density at radius 2 is 1.81 bits per heavy atom. The Morgan fingerprint density at radius 1 is 1.03 bits per heavy atom. The lowest BCUT2D eigenvalue weighted by atomic mass is 9.95. The first kappa shape index (κ1) is 21.1.